The molecule has 0 spiro atoms. The fraction of sp³-hybridized carbons (Fsp3) is 0.333. The number of nitrogens with one attached hydrogen (secondary N) is 1. The standard InChI is InChI=1S/C12H17NOSi/c1-15(2,3)10-9-12(13-14)11-7-5-4-6-8-11/h4-8,12-14H,1-3H3/t12-/m0/s1. The molecule has 3 heteroatoms. The van der Waals surface area contributed by atoms with Gasteiger partial charge in [0.15, 0.2) is 0 Å². The van der Waals surface area contributed by atoms with Gasteiger partial charge < -0.3 is 5.21 Å². The van der Waals surface area contributed by atoms with Crippen LogP contribution in [0.1, 0.15) is 11.6 Å². The molecule has 2 N–H and O–H groups in total. The van der Waals surface area contributed by atoms with Crippen LogP contribution in [0.15, 0.2) is 30.3 Å². The Morgan fingerprint density at radius 2 is 1.80 bits per heavy atom. The second-order valence-electron chi connectivity index (χ2n) is 4.49. The zero-order valence-electron chi connectivity index (χ0n) is 9.41. The van der Waals surface area contributed by atoms with Gasteiger partial charge in [0.2, 0.25) is 0 Å². The van der Waals surface area contributed by atoms with E-state index < -0.39 is 8.07 Å². The highest BCUT2D eigenvalue weighted by Crippen LogP contribution is 2.11. The maximum atomic E-state index is 9.04. The summed E-state index contributed by atoms with van der Waals surface area (Å²) in [6, 6.07) is 9.45. The molecule has 1 atom stereocenters. The quantitative estimate of drug-likeness (QED) is 0.455. The van der Waals surface area contributed by atoms with Crippen LogP contribution in [0.2, 0.25) is 19.6 Å². The molecular weight excluding hydrogens is 202 g/mol. The first-order valence-electron chi connectivity index (χ1n) is 5.00. The summed E-state index contributed by atoms with van der Waals surface area (Å²) < 4.78 is 0. The maximum absolute atomic E-state index is 9.04. The second-order valence-corrected chi connectivity index (χ2v) is 9.24. The van der Waals surface area contributed by atoms with Crippen molar-refractivity contribution < 1.29 is 5.21 Å². The fourth-order valence-corrected chi connectivity index (χ4v) is 1.70. The lowest BCUT2D eigenvalue weighted by atomic mass is 10.1. The van der Waals surface area contributed by atoms with E-state index in [4.69, 9.17) is 5.21 Å². The zero-order valence-corrected chi connectivity index (χ0v) is 10.4. The largest absolute Gasteiger partial charge is 0.315 e. The first-order chi connectivity index (χ1) is 7.03. The fourth-order valence-electron chi connectivity index (χ4n) is 1.12. The second kappa shape index (κ2) is 5.13. The molecule has 0 aromatic heterocycles. The summed E-state index contributed by atoms with van der Waals surface area (Å²) in [7, 11) is -1.38. The van der Waals surface area contributed by atoms with Crippen molar-refractivity contribution in [2.24, 2.45) is 0 Å². The molecule has 0 radical (unpaired) electrons. The van der Waals surface area contributed by atoms with Gasteiger partial charge in [-0.3, -0.25) is 0 Å². The van der Waals surface area contributed by atoms with Crippen LogP contribution in [0, 0.1) is 11.5 Å². The SMILES string of the molecule is C[Si](C)(C)C#C[C@H](NO)c1ccccc1. The molecule has 0 aliphatic rings. The van der Waals surface area contributed by atoms with E-state index in [-0.39, 0.29) is 6.04 Å². The molecule has 0 saturated heterocycles. The van der Waals surface area contributed by atoms with Crippen molar-refractivity contribution in [3.05, 3.63) is 35.9 Å². The average Bonchev–Trinajstić information content (AvgIpc) is 2.19. The van der Waals surface area contributed by atoms with Crippen molar-refractivity contribution in [3.63, 3.8) is 0 Å². The van der Waals surface area contributed by atoms with Crippen LogP contribution in [-0.4, -0.2) is 13.3 Å². The van der Waals surface area contributed by atoms with E-state index in [2.05, 4.69) is 36.6 Å². The highest BCUT2D eigenvalue weighted by atomic mass is 28.3. The third-order valence-electron chi connectivity index (χ3n) is 1.85. The minimum absolute atomic E-state index is 0.280. The minimum Gasteiger partial charge on any atom is -0.315 e. The number of hydroxylamine groups is 1. The van der Waals surface area contributed by atoms with Gasteiger partial charge in [-0.05, 0) is 5.56 Å². The summed E-state index contributed by atoms with van der Waals surface area (Å²) in [5, 5.41) is 9.04. The predicted octanol–water partition coefficient (Wildman–Crippen LogP) is 2.59. The van der Waals surface area contributed by atoms with E-state index in [0.717, 1.165) is 5.56 Å². The number of hydrogen-bond acceptors (Lipinski definition) is 2. The molecular formula is C12H17NOSi. The number of rotatable bonds is 2. The van der Waals surface area contributed by atoms with Gasteiger partial charge in [-0.15, -0.1) is 5.54 Å². The molecule has 0 unspecified atom stereocenters. The average molecular weight is 219 g/mol. The molecule has 1 aromatic carbocycles. The molecule has 2 nitrogen and oxygen atoms in total. The summed E-state index contributed by atoms with van der Waals surface area (Å²) in [5.74, 6) is 3.08. The molecule has 0 amide bonds. The maximum Gasteiger partial charge on any atom is 0.129 e. The van der Waals surface area contributed by atoms with Crippen molar-refractivity contribution in [2.75, 3.05) is 0 Å². The van der Waals surface area contributed by atoms with Crippen LogP contribution in [-0.2, 0) is 0 Å². The van der Waals surface area contributed by atoms with Gasteiger partial charge in [-0.2, -0.15) is 5.48 Å². The van der Waals surface area contributed by atoms with Crippen LogP contribution < -0.4 is 5.48 Å². The van der Waals surface area contributed by atoms with Crippen LogP contribution in [0.3, 0.4) is 0 Å². The number of hydrogen-bond donors (Lipinski definition) is 2. The highest BCUT2D eigenvalue weighted by molar-refractivity contribution is 6.83. The summed E-state index contributed by atoms with van der Waals surface area (Å²) in [6.07, 6.45) is 0. The Labute approximate surface area is 92.3 Å². The highest BCUT2D eigenvalue weighted by Gasteiger charge is 2.10. The van der Waals surface area contributed by atoms with Crippen LogP contribution in [0.25, 0.3) is 0 Å². The lowest BCUT2D eigenvalue weighted by molar-refractivity contribution is 0.147. The van der Waals surface area contributed by atoms with E-state index in [9.17, 15) is 0 Å². The Balaban J connectivity index is 2.85. The van der Waals surface area contributed by atoms with Gasteiger partial charge in [0.05, 0.1) is 0 Å². The topological polar surface area (TPSA) is 32.3 Å². The third-order valence-corrected chi connectivity index (χ3v) is 2.75. The Morgan fingerprint density at radius 3 is 2.27 bits per heavy atom. The lowest BCUT2D eigenvalue weighted by Gasteiger charge is -2.10. The van der Waals surface area contributed by atoms with Crippen molar-refractivity contribution in [1.29, 1.82) is 0 Å². The van der Waals surface area contributed by atoms with E-state index in [1.165, 1.54) is 0 Å². The van der Waals surface area contributed by atoms with Crippen LogP contribution in [0.4, 0.5) is 0 Å². The lowest BCUT2D eigenvalue weighted by Crippen LogP contribution is -2.20. The summed E-state index contributed by atoms with van der Waals surface area (Å²) in [6.45, 7) is 6.54. The van der Waals surface area contributed by atoms with Crippen molar-refractivity contribution in [2.45, 2.75) is 25.7 Å². The van der Waals surface area contributed by atoms with E-state index in [0.29, 0.717) is 0 Å². The van der Waals surface area contributed by atoms with Crippen molar-refractivity contribution >= 4 is 8.07 Å². The van der Waals surface area contributed by atoms with E-state index >= 15 is 0 Å². The third kappa shape index (κ3) is 4.30. The smallest absolute Gasteiger partial charge is 0.129 e. The molecule has 1 rings (SSSR count). The molecule has 1 aromatic rings. The van der Waals surface area contributed by atoms with Crippen molar-refractivity contribution in [1.82, 2.24) is 5.48 Å². The van der Waals surface area contributed by atoms with Gasteiger partial charge in [-0.25, -0.2) is 0 Å². The van der Waals surface area contributed by atoms with Crippen molar-refractivity contribution in [3.8, 4) is 11.5 Å². The number of benzene rings is 1. The van der Waals surface area contributed by atoms with Gasteiger partial charge in [0, 0.05) is 0 Å². The molecule has 0 aliphatic heterocycles. The van der Waals surface area contributed by atoms with Gasteiger partial charge in [0.1, 0.15) is 14.1 Å². The van der Waals surface area contributed by atoms with E-state index in [1.54, 1.807) is 0 Å². The molecule has 0 aliphatic carbocycles. The molecule has 0 fully saturated rings. The summed E-state index contributed by atoms with van der Waals surface area (Å²) in [5.41, 5.74) is 6.47. The Bertz CT molecular complexity index is 359. The first kappa shape index (κ1) is 12.0. The molecule has 0 bridgehead atoms. The van der Waals surface area contributed by atoms with Crippen LogP contribution >= 0.6 is 0 Å². The first-order valence-corrected chi connectivity index (χ1v) is 8.50. The predicted molar refractivity (Wildman–Crippen MR) is 65.2 cm³/mol. The van der Waals surface area contributed by atoms with Gasteiger partial charge in [0.25, 0.3) is 0 Å². The molecule has 0 saturated carbocycles. The molecule has 0 heterocycles. The monoisotopic (exact) mass is 219 g/mol. The summed E-state index contributed by atoms with van der Waals surface area (Å²) >= 11 is 0. The normalized spacial score (nSPS) is 12.8. The van der Waals surface area contributed by atoms with Crippen LogP contribution in [0.5, 0.6) is 0 Å². The van der Waals surface area contributed by atoms with Gasteiger partial charge >= 0.3 is 0 Å². The van der Waals surface area contributed by atoms with E-state index in [1.807, 2.05) is 30.3 Å². The zero-order chi connectivity index (χ0) is 11.3. The molecule has 15 heavy (non-hydrogen) atoms. The van der Waals surface area contributed by atoms with Gasteiger partial charge in [-0.1, -0.05) is 55.9 Å². The Morgan fingerprint density at radius 1 is 1.20 bits per heavy atom. The Kier molecular flexibility index (Phi) is 4.10. The minimum atomic E-state index is -1.38. The Hall–Kier alpha value is -1.08. The summed E-state index contributed by atoms with van der Waals surface area (Å²) in [4.78, 5) is 0. The molecule has 80 valence electrons.